The number of rotatable bonds is 6. The lowest BCUT2D eigenvalue weighted by Gasteiger charge is -2.39. The van der Waals surface area contributed by atoms with Gasteiger partial charge in [-0.2, -0.15) is 0 Å². The molecule has 160 valence electrons. The average molecular weight is 503 g/mol. The van der Waals surface area contributed by atoms with Gasteiger partial charge in [-0.3, -0.25) is 14.7 Å². The molecular formula is C21H38IN5O. The molecule has 28 heavy (non-hydrogen) atoms. The number of guanidine groups is 1. The van der Waals surface area contributed by atoms with Crippen molar-refractivity contribution in [3.05, 3.63) is 0 Å². The van der Waals surface area contributed by atoms with Crippen LogP contribution < -0.4 is 5.32 Å². The van der Waals surface area contributed by atoms with E-state index in [4.69, 9.17) is 0 Å². The van der Waals surface area contributed by atoms with Crippen molar-refractivity contribution in [3.63, 3.8) is 0 Å². The Bertz CT molecular complexity index is 537. The van der Waals surface area contributed by atoms with Gasteiger partial charge in [-0.1, -0.05) is 0 Å². The largest absolute Gasteiger partial charge is 0.356 e. The number of amides is 1. The van der Waals surface area contributed by atoms with E-state index in [1.807, 2.05) is 11.9 Å². The fourth-order valence-electron chi connectivity index (χ4n) is 4.99. The lowest BCUT2D eigenvalue weighted by Crippen LogP contribution is -2.57. The van der Waals surface area contributed by atoms with Gasteiger partial charge in [-0.05, 0) is 63.2 Å². The first kappa shape index (κ1) is 22.1. The molecule has 2 aliphatic heterocycles. The van der Waals surface area contributed by atoms with Crippen molar-refractivity contribution >= 4 is 35.8 Å². The fourth-order valence-corrected chi connectivity index (χ4v) is 4.99. The van der Waals surface area contributed by atoms with Gasteiger partial charge in [-0.25, -0.2) is 0 Å². The second kappa shape index (κ2) is 9.96. The van der Waals surface area contributed by atoms with E-state index in [1.165, 1.54) is 25.7 Å². The van der Waals surface area contributed by atoms with Crippen molar-refractivity contribution in [3.8, 4) is 0 Å². The molecule has 4 aliphatic rings. The third-order valence-corrected chi connectivity index (χ3v) is 7.10. The van der Waals surface area contributed by atoms with Crippen LogP contribution in [0.5, 0.6) is 0 Å². The van der Waals surface area contributed by atoms with Crippen molar-refractivity contribution in [2.24, 2.45) is 22.7 Å². The first-order valence-corrected chi connectivity index (χ1v) is 11.2. The second-order valence-corrected chi connectivity index (χ2v) is 9.00. The summed E-state index contributed by atoms with van der Waals surface area (Å²) in [6.45, 7) is 8.85. The summed E-state index contributed by atoms with van der Waals surface area (Å²) in [5, 5.41) is 3.68. The molecule has 0 aromatic heterocycles. The molecule has 2 heterocycles. The second-order valence-electron chi connectivity index (χ2n) is 9.00. The van der Waals surface area contributed by atoms with Crippen LogP contribution in [-0.4, -0.2) is 85.5 Å². The Hall–Kier alpha value is -0.570. The van der Waals surface area contributed by atoms with Crippen LogP contribution in [0.2, 0.25) is 0 Å². The SMILES string of the molecule is CN=C(NCC(C1CC1)C1CC1)N1CCN(C(C)C(=O)N2CCCC2)CC1.I. The Kier molecular flexibility index (Phi) is 7.87. The topological polar surface area (TPSA) is 51.2 Å². The maximum atomic E-state index is 12.7. The van der Waals surface area contributed by atoms with Gasteiger partial charge in [0.25, 0.3) is 0 Å². The molecule has 7 heteroatoms. The molecule has 2 saturated carbocycles. The van der Waals surface area contributed by atoms with Crippen molar-refractivity contribution < 1.29 is 4.79 Å². The minimum Gasteiger partial charge on any atom is -0.356 e. The summed E-state index contributed by atoms with van der Waals surface area (Å²) in [7, 11) is 1.90. The molecule has 0 radical (unpaired) electrons. The molecule has 1 unspecified atom stereocenters. The van der Waals surface area contributed by atoms with Crippen LogP contribution in [0.1, 0.15) is 45.4 Å². The normalized spacial score (nSPS) is 25.0. The molecule has 1 N–H and O–H groups in total. The monoisotopic (exact) mass is 503 g/mol. The van der Waals surface area contributed by atoms with Crippen molar-refractivity contribution in [1.29, 1.82) is 0 Å². The first-order valence-electron chi connectivity index (χ1n) is 11.2. The highest BCUT2D eigenvalue weighted by Gasteiger charge is 2.41. The predicted octanol–water partition coefficient (Wildman–Crippen LogP) is 2.24. The maximum Gasteiger partial charge on any atom is 0.239 e. The van der Waals surface area contributed by atoms with Crippen LogP contribution in [0.3, 0.4) is 0 Å². The Morgan fingerprint density at radius 1 is 0.964 bits per heavy atom. The van der Waals surface area contributed by atoms with Gasteiger partial charge in [0.15, 0.2) is 5.96 Å². The molecule has 4 rings (SSSR count). The molecule has 6 nitrogen and oxygen atoms in total. The van der Waals surface area contributed by atoms with E-state index >= 15 is 0 Å². The van der Waals surface area contributed by atoms with Crippen molar-refractivity contribution in [2.75, 3.05) is 52.9 Å². The number of likely N-dealkylation sites (tertiary alicyclic amines) is 1. The Morgan fingerprint density at radius 2 is 1.54 bits per heavy atom. The summed E-state index contributed by atoms with van der Waals surface area (Å²) >= 11 is 0. The highest BCUT2D eigenvalue weighted by Crippen LogP contribution is 2.48. The van der Waals surface area contributed by atoms with Gasteiger partial charge in [0.1, 0.15) is 0 Å². The highest BCUT2D eigenvalue weighted by atomic mass is 127. The molecule has 1 atom stereocenters. The van der Waals surface area contributed by atoms with Gasteiger partial charge in [0.2, 0.25) is 5.91 Å². The van der Waals surface area contributed by atoms with E-state index < -0.39 is 0 Å². The van der Waals surface area contributed by atoms with Crippen molar-refractivity contribution in [2.45, 2.75) is 51.5 Å². The Morgan fingerprint density at radius 3 is 2.04 bits per heavy atom. The molecule has 0 aromatic carbocycles. The minimum atomic E-state index is 0. The smallest absolute Gasteiger partial charge is 0.239 e. The number of halogens is 1. The summed E-state index contributed by atoms with van der Waals surface area (Å²) in [4.78, 5) is 24.0. The van der Waals surface area contributed by atoms with Gasteiger partial charge < -0.3 is 15.1 Å². The number of carbonyl (C=O) groups is 1. The quantitative estimate of drug-likeness (QED) is 0.343. The summed E-state index contributed by atoms with van der Waals surface area (Å²) in [5.74, 6) is 4.18. The third-order valence-electron chi connectivity index (χ3n) is 7.10. The van der Waals surface area contributed by atoms with Gasteiger partial charge in [0, 0.05) is 52.9 Å². The molecule has 2 aliphatic carbocycles. The predicted molar refractivity (Wildman–Crippen MR) is 124 cm³/mol. The van der Waals surface area contributed by atoms with Gasteiger partial charge in [-0.15, -0.1) is 24.0 Å². The lowest BCUT2D eigenvalue weighted by atomic mass is 9.98. The van der Waals surface area contributed by atoms with Crippen molar-refractivity contribution in [1.82, 2.24) is 20.0 Å². The van der Waals surface area contributed by atoms with Gasteiger partial charge >= 0.3 is 0 Å². The third kappa shape index (κ3) is 5.32. The summed E-state index contributed by atoms with van der Waals surface area (Å²) < 4.78 is 0. The zero-order chi connectivity index (χ0) is 18.8. The number of piperazine rings is 1. The van der Waals surface area contributed by atoms with E-state index in [2.05, 4.69) is 27.0 Å². The van der Waals surface area contributed by atoms with Crippen LogP contribution in [-0.2, 0) is 4.79 Å². The molecule has 0 aromatic rings. The van der Waals surface area contributed by atoms with Crippen LogP contribution in [0, 0.1) is 17.8 Å². The fraction of sp³-hybridized carbons (Fsp3) is 0.905. The molecule has 4 fully saturated rings. The van der Waals surface area contributed by atoms with E-state index in [-0.39, 0.29) is 30.0 Å². The standard InChI is InChI=1S/C21H37N5O.HI/c1-16(20(27)25-9-3-4-10-25)24-11-13-26(14-12-24)21(22-2)23-15-19(17-5-6-17)18-7-8-18;/h16-19H,3-15H2,1-2H3,(H,22,23);1H. The molecular weight excluding hydrogens is 465 g/mol. The molecule has 0 spiro atoms. The van der Waals surface area contributed by atoms with Gasteiger partial charge in [0.05, 0.1) is 6.04 Å². The first-order chi connectivity index (χ1) is 13.2. The zero-order valence-electron chi connectivity index (χ0n) is 17.6. The van der Waals surface area contributed by atoms with E-state index in [9.17, 15) is 4.79 Å². The van der Waals surface area contributed by atoms with Crippen LogP contribution in [0.4, 0.5) is 0 Å². The summed E-state index contributed by atoms with van der Waals surface area (Å²) in [5.41, 5.74) is 0. The van der Waals surface area contributed by atoms with E-state index in [1.54, 1.807) is 0 Å². The number of aliphatic imine (C=N–C) groups is 1. The number of carbonyl (C=O) groups excluding carboxylic acids is 1. The van der Waals surface area contributed by atoms with Crippen LogP contribution in [0.25, 0.3) is 0 Å². The molecule has 0 bridgehead atoms. The number of hydrogen-bond acceptors (Lipinski definition) is 3. The molecule has 1 amide bonds. The summed E-state index contributed by atoms with van der Waals surface area (Å²) in [6, 6.07) is 0.00865. The molecule has 2 saturated heterocycles. The Balaban J connectivity index is 0.00000225. The number of nitrogens with one attached hydrogen (secondary N) is 1. The van der Waals surface area contributed by atoms with Crippen LogP contribution in [0.15, 0.2) is 4.99 Å². The average Bonchev–Trinajstić information content (AvgIpc) is 3.64. The number of nitrogens with zero attached hydrogens (tertiary/aromatic N) is 4. The lowest BCUT2D eigenvalue weighted by molar-refractivity contribution is -0.135. The summed E-state index contributed by atoms with van der Waals surface area (Å²) in [6.07, 6.45) is 8.06. The van der Waals surface area contributed by atoms with Crippen LogP contribution >= 0.6 is 24.0 Å². The minimum absolute atomic E-state index is 0. The zero-order valence-corrected chi connectivity index (χ0v) is 19.9. The number of hydrogen-bond donors (Lipinski definition) is 1. The maximum absolute atomic E-state index is 12.7. The van der Waals surface area contributed by atoms with E-state index in [0.717, 1.165) is 82.4 Å². The highest BCUT2D eigenvalue weighted by molar-refractivity contribution is 14.0. The Labute approximate surface area is 187 Å². The van der Waals surface area contributed by atoms with E-state index in [0.29, 0.717) is 5.91 Å².